The van der Waals surface area contributed by atoms with Gasteiger partial charge in [-0.25, -0.2) is 4.98 Å². The lowest BCUT2D eigenvalue weighted by Crippen LogP contribution is -2.44. The van der Waals surface area contributed by atoms with Crippen molar-refractivity contribution in [2.24, 2.45) is 0 Å². The molecule has 0 saturated carbocycles. The number of amides is 1. The minimum absolute atomic E-state index is 0.0599. The largest absolute Gasteiger partial charge is 0.493 e. The number of ether oxygens (including phenoxy) is 2. The number of rotatable bonds is 7. The molecule has 1 unspecified atom stereocenters. The van der Waals surface area contributed by atoms with Gasteiger partial charge in [0.15, 0.2) is 11.5 Å². The highest BCUT2D eigenvalue weighted by Gasteiger charge is 2.28. The van der Waals surface area contributed by atoms with Crippen LogP contribution in [0.4, 0.5) is 0 Å². The number of hydrogen-bond acceptors (Lipinski definition) is 6. The van der Waals surface area contributed by atoms with Gasteiger partial charge in [-0.1, -0.05) is 6.07 Å². The number of hydrogen-bond donors (Lipinski definition) is 0. The Morgan fingerprint density at radius 2 is 2.03 bits per heavy atom. The second-order valence-electron chi connectivity index (χ2n) is 7.43. The molecule has 5 nitrogen and oxygen atoms in total. The van der Waals surface area contributed by atoms with E-state index in [9.17, 15) is 4.79 Å². The van der Waals surface area contributed by atoms with Gasteiger partial charge < -0.3 is 14.4 Å². The molecule has 1 amide bonds. The quantitative estimate of drug-likeness (QED) is 0.484. The molecule has 1 atom stereocenters. The van der Waals surface area contributed by atoms with Gasteiger partial charge in [0.1, 0.15) is 10.7 Å². The molecule has 1 saturated heterocycles. The Labute approximate surface area is 185 Å². The Kier molecular flexibility index (Phi) is 6.69. The Morgan fingerprint density at radius 3 is 2.80 bits per heavy atom. The highest BCUT2D eigenvalue weighted by Crippen LogP contribution is 2.30. The van der Waals surface area contributed by atoms with Crippen molar-refractivity contribution in [2.45, 2.75) is 38.1 Å². The van der Waals surface area contributed by atoms with Gasteiger partial charge in [-0.15, -0.1) is 11.3 Å². The molecule has 7 heteroatoms. The molecule has 0 spiro atoms. The summed E-state index contributed by atoms with van der Waals surface area (Å²) < 4.78 is 10.8. The molecule has 1 fully saturated rings. The van der Waals surface area contributed by atoms with E-state index in [4.69, 9.17) is 9.47 Å². The van der Waals surface area contributed by atoms with Crippen molar-refractivity contribution in [1.82, 2.24) is 9.88 Å². The van der Waals surface area contributed by atoms with Crippen LogP contribution in [0.1, 0.15) is 41.7 Å². The number of carbonyl (C=O) groups excluding carboxylic acids is 1. The molecule has 0 radical (unpaired) electrons. The number of piperidine rings is 1. The van der Waals surface area contributed by atoms with Crippen LogP contribution in [0.25, 0.3) is 10.6 Å². The summed E-state index contributed by atoms with van der Waals surface area (Å²) in [7, 11) is 3.30. The topological polar surface area (TPSA) is 51.7 Å². The third-order valence-corrected chi connectivity index (χ3v) is 7.17. The van der Waals surface area contributed by atoms with Crippen LogP contribution in [0, 0.1) is 0 Å². The Morgan fingerprint density at radius 1 is 1.17 bits per heavy atom. The van der Waals surface area contributed by atoms with E-state index in [2.05, 4.69) is 16.4 Å². The molecule has 2 aromatic heterocycles. The Bertz CT molecular complexity index is 984. The maximum atomic E-state index is 13.2. The van der Waals surface area contributed by atoms with Crippen molar-refractivity contribution in [2.75, 3.05) is 20.8 Å². The summed E-state index contributed by atoms with van der Waals surface area (Å²) in [4.78, 5) is 19.9. The first-order chi connectivity index (χ1) is 14.7. The third-order valence-electron chi connectivity index (χ3n) is 5.59. The van der Waals surface area contributed by atoms with E-state index in [0.717, 1.165) is 60.7 Å². The molecule has 0 aliphatic carbocycles. The van der Waals surface area contributed by atoms with E-state index in [1.54, 1.807) is 36.9 Å². The molecule has 1 aliphatic heterocycles. The summed E-state index contributed by atoms with van der Waals surface area (Å²) in [6.07, 6.45) is 5.09. The number of carbonyl (C=O) groups is 1. The molecule has 3 aromatic rings. The molecule has 0 bridgehead atoms. The summed E-state index contributed by atoms with van der Waals surface area (Å²) in [5.41, 5.74) is 2.85. The van der Waals surface area contributed by atoms with E-state index in [-0.39, 0.29) is 11.9 Å². The zero-order chi connectivity index (χ0) is 20.9. The fourth-order valence-electron chi connectivity index (χ4n) is 3.98. The van der Waals surface area contributed by atoms with Gasteiger partial charge in [0.05, 0.1) is 14.2 Å². The number of thiophene rings is 1. The second-order valence-corrected chi connectivity index (χ2v) is 9.06. The highest BCUT2D eigenvalue weighted by atomic mass is 32.1. The first-order valence-corrected chi connectivity index (χ1v) is 12.0. The van der Waals surface area contributed by atoms with Crippen LogP contribution in [0.15, 0.2) is 40.4 Å². The summed E-state index contributed by atoms with van der Waals surface area (Å²) in [6.45, 7) is 0.806. The number of methoxy groups -OCH3 is 2. The van der Waals surface area contributed by atoms with Crippen molar-refractivity contribution in [3.63, 3.8) is 0 Å². The van der Waals surface area contributed by atoms with Crippen LogP contribution in [-0.4, -0.2) is 42.6 Å². The Balaban J connectivity index is 1.45. The first-order valence-electron chi connectivity index (χ1n) is 10.2. The summed E-state index contributed by atoms with van der Waals surface area (Å²) in [5.74, 6) is 1.54. The van der Waals surface area contributed by atoms with Crippen LogP contribution in [0.2, 0.25) is 0 Å². The number of aromatic nitrogens is 1. The third kappa shape index (κ3) is 4.52. The van der Waals surface area contributed by atoms with Gasteiger partial charge in [0.2, 0.25) is 0 Å². The number of likely N-dealkylation sites (tertiary alicyclic amines) is 1. The fraction of sp³-hybridized carbons (Fsp3) is 0.391. The molecule has 0 N–H and O–H groups in total. The summed E-state index contributed by atoms with van der Waals surface area (Å²) in [6, 6.07) is 8.33. The smallest absolute Gasteiger partial charge is 0.273 e. The van der Waals surface area contributed by atoms with E-state index in [1.165, 1.54) is 5.56 Å². The maximum Gasteiger partial charge on any atom is 0.273 e. The second kappa shape index (κ2) is 9.62. The molecule has 1 aliphatic rings. The molecular formula is C23H26N2O3S2. The van der Waals surface area contributed by atoms with E-state index < -0.39 is 0 Å². The van der Waals surface area contributed by atoms with Crippen LogP contribution in [0.3, 0.4) is 0 Å². The number of nitrogens with zero attached hydrogens (tertiary/aromatic N) is 2. The van der Waals surface area contributed by atoms with Crippen molar-refractivity contribution >= 4 is 28.6 Å². The number of benzene rings is 1. The van der Waals surface area contributed by atoms with Crippen molar-refractivity contribution in [3.8, 4) is 22.1 Å². The monoisotopic (exact) mass is 442 g/mol. The van der Waals surface area contributed by atoms with Gasteiger partial charge in [0, 0.05) is 28.9 Å². The van der Waals surface area contributed by atoms with Crippen molar-refractivity contribution in [1.29, 1.82) is 0 Å². The van der Waals surface area contributed by atoms with Crippen LogP contribution >= 0.6 is 22.7 Å². The fourth-order valence-corrected chi connectivity index (χ4v) is 5.48. The minimum Gasteiger partial charge on any atom is -0.493 e. The van der Waals surface area contributed by atoms with Gasteiger partial charge in [-0.2, -0.15) is 11.3 Å². The predicted octanol–water partition coefficient (Wildman–Crippen LogP) is 5.52. The van der Waals surface area contributed by atoms with Gasteiger partial charge in [-0.3, -0.25) is 4.79 Å². The maximum absolute atomic E-state index is 13.2. The van der Waals surface area contributed by atoms with E-state index in [0.29, 0.717) is 5.69 Å². The highest BCUT2D eigenvalue weighted by molar-refractivity contribution is 7.14. The molecule has 158 valence electrons. The van der Waals surface area contributed by atoms with Crippen LogP contribution in [0.5, 0.6) is 11.5 Å². The van der Waals surface area contributed by atoms with Crippen LogP contribution in [-0.2, 0) is 6.42 Å². The van der Waals surface area contributed by atoms with Gasteiger partial charge >= 0.3 is 0 Å². The van der Waals surface area contributed by atoms with Gasteiger partial charge in [-0.05, 0) is 61.2 Å². The number of thiazole rings is 1. The molecule has 4 rings (SSSR count). The molecular weight excluding hydrogens is 416 g/mol. The summed E-state index contributed by atoms with van der Waals surface area (Å²) >= 11 is 3.19. The predicted molar refractivity (Wildman–Crippen MR) is 122 cm³/mol. The lowest BCUT2D eigenvalue weighted by atomic mass is 9.95. The average Bonchev–Trinajstić information content (AvgIpc) is 3.49. The molecule has 30 heavy (non-hydrogen) atoms. The van der Waals surface area contributed by atoms with E-state index >= 15 is 0 Å². The van der Waals surface area contributed by atoms with Crippen molar-refractivity contribution in [3.05, 3.63) is 51.7 Å². The normalized spacial score (nSPS) is 16.5. The van der Waals surface area contributed by atoms with E-state index in [1.807, 2.05) is 33.9 Å². The van der Waals surface area contributed by atoms with Crippen LogP contribution < -0.4 is 9.47 Å². The zero-order valence-electron chi connectivity index (χ0n) is 17.3. The standard InChI is InChI=1S/C23H26N2O3S2/c1-27-20-9-7-16(13-21(20)28-2)6-8-18-5-3-4-11-25(18)23(26)19-15-30-22(24-19)17-10-12-29-14-17/h7,9-10,12-15,18H,3-6,8,11H2,1-2H3. The molecule has 3 heterocycles. The first kappa shape index (κ1) is 20.9. The average molecular weight is 443 g/mol. The lowest BCUT2D eigenvalue weighted by molar-refractivity contribution is 0.0596. The van der Waals surface area contributed by atoms with Gasteiger partial charge in [0.25, 0.3) is 5.91 Å². The Hall–Kier alpha value is -2.38. The lowest BCUT2D eigenvalue weighted by Gasteiger charge is -2.35. The summed E-state index contributed by atoms with van der Waals surface area (Å²) in [5, 5.41) is 6.92. The van der Waals surface area contributed by atoms with Crippen molar-refractivity contribution < 1.29 is 14.3 Å². The molecule has 1 aromatic carbocycles. The zero-order valence-corrected chi connectivity index (χ0v) is 18.9. The minimum atomic E-state index is 0.0599. The number of aryl methyl sites for hydroxylation is 1. The SMILES string of the molecule is COc1ccc(CCC2CCCCN2C(=O)c2csc(-c3ccsc3)n2)cc1OC.